The average Bonchev–Trinajstić information content (AvgIpc) is 2.67. The maximum Gasteiger partial charge on any atom is 0.0575 e. The number of hydrogen-bond donors (Lipinski definition) is 0. The van der Waals surface area contributed by atoms with Gasteiger partial charge in [0, 0.05) is 6.61 Å². The first-order valence-electron chi connectivity index (χ1n) is 11.9. The fraction of sp³-hybridized carbons (Fsp3) is 1.00. The van der Waals surface area contributed by atoms with E-state index in [1.54, 1.807) is 0 Å². The van der Waals surface area contributed by atoms with E-state index in [0.717, 1.165) is 36.2 Å². The molecule has 0 bridgehead atoms. The molecule has 0 amide bonds. The zero-order valence-corrected chi connectivity index (χ0v) is 17.2. The van der Waals surface area contributed by atoms with Gasteiger partial charge in [-0.1, -0.05) is 46.0 Å². The second-order valence-corrected chi connectivity index (χ2v) is 9.92. The predicted molar refractivity (Wildman–Crippen MR) is 108 cm³/mol. The van der Waals surface area contributed by atoms with E-state index in [2.05, 4.69) is 13.8 Å². The smallest absolute Gasteiger partial charge is 0.0575 e. The molecule has 3 saturated carbocycles. The van der Waals surface area contributed by atoms with Crippen LogP contribution in [-0.4, -0.2) is 12.7 Å². The Morgan fingerprint density at radius 1 is 0.680 bits per heavy atom. The molecule has 3 aliphatic rings. The fourth-order valence-corrected chi connectivity index (χ4v) is 5.94. The third-order valence-corrected chi connectivity index (χ3v) is 7.95. The molecule has 0 spiro atoms. The third kappa shape index (κ3) is 6.26. The Hall–Kier alpha value is -0.0400. The maximum absolute atomic E-state index is 6.37. The van der Waals surface area contributed by atoms with Crippen LogP contribution in [0.4, 0.5) is 0 Å². The molecule has 0 aromatic rings. The van der Waals surface area contributed by atoms with Crippen LogP contribution in [0.5, 0.6) is 0 Å². The summed E-state index contributed by atoms with van der Waals surface area (Å²) in [6.07, 6.45) is 22.3. The predicted octanol–water partition coefficient (Wildman–Crippen LogP) is 7.38. The third-order valence-electron chi connectivity index (χ3n) is 7.95. The zero-order valence-electron chi connectivity index (χ0n) is 17.2. The first-order chi connectivity index (χ1) is 12.2. The van der Waals surface area contributed by atoms with Crippen LogP contribution < -0.4 is 0 Å². The van der Waals surface area contributed by atoms with E-state index in [1.165, 1.54) is 96.3 Å². The van der Waals surface area contributed by atoms with Gasteiger partial charge in [-0.15, -0.1) is 0 Å². The van der Waals surface area contributed by atoms with Crippen molar-refractivity contribution in [2.45, 2.75) is 116 Å². The molecule has 0 heterocycles. The number of unbranched alkanes of at least 4 members (excludes halogenated alkanes) is 1. The van der Waals surface area contributed by atoms with Gasteiger partial charge in [0.05, 0.1) is 6.10 Å². The topological polar surface area (TPSA) is 9.23 Å². The lowest BCUT2D eigenvalue weighted by Gasteiger charge is -2.37. The highest BCUT2D eigenvalue weighted by molar-refractivity contribution is 4.81. The van der Waals surface area contributed by atoms with E-state index in [-0.39, 0.29) is 0 Å². The molecule has 3 fully saturated rings. The Labute approximate surface area is 157 Å². The monoisotopic (exact) mass is 348 g/mol. The van der Waals surface area contributed by atoms with Gasteiger partial charge in [0.25, 0.3) is 0 Å². The fourth-order valence-electron chi connectivity index (χ4n) is 5.94. The van der Waals surface area contributed by atoms with Gasteiger partial charge in [0.15, 0.2) is 0 Å². The van der Waals surface area contributed by atoms with Crippen LogP contribution in [0.1, 0.15) is 110 Å². The van der Waals surface area contributed by atoms with Crippen molar-refractivity contribution in [3.05, 3.63) is 0 Å². The van der Waals surface area contributed by atoms with E-state index in [1.807, 2.05) is 0 Å². The highest BCUT2D eigenvalue weighted by Gasteiger charge is 2.30. The van der Waals surface area contributed by atoms with Gasteiger partial charge in [0.1, 0.15) is 0 Å². The molecule has 1 nitrogen and oxygen atoms in total. The van der Waals surface area contributed by atoms with E-state index in [0.29, 0.717) is 6.10 Å². The van der Waals surface area contributed by atoms with Crippen molar-refractivity contribution >= 4 is 0 Å². The lowest BCUT2D eigenvalue weighted by atomic mass is 9.69. The Balaban J connectivity index is 1.27. The average molecular weight is 349 g/mol. The summed E-state index contributed by atoms with van der Waals surface area (Å²) < 4.78 is 6.37. The number of hydrogen-bond acceptors (Lipinski definition) is 1. The minimum atomic E-state index is 0.593. The lowest BCUT2D eigenvalue weighted by molar-refractivity contribution is -0.0129. The van der Waals surface area contributed by atoms with Crippen molar-refractivity contribution in [3.8, 4) is 0 Å². The normalized spacial score (nSPS) is 40.1. The summed E-state index contributed by atoms with van der Waals surface area (Å²) in [5, 5.41) is 0. The molecule has 0 unspecified atom stereocenters. The molecule has 0 aromatic heterocycles. The van der Waals surface area contributed by atoms with Gasteiger partial charge < -0.3 is 4.74 Å². The molecule has 3 rings (SSSR count). The summed E-state index contributed by atoms with van der Waals surface area (Å²) in [4.78, 5) is 0. The Morgan fingerprint density at radius 2 is 1.24 bits per heavy atom. The van der Waals surface area contributed by atoms with E-state index in [4.69, 9.17) is 4.74 Å². The minimum Gasteiger partial charge on any atom is -0.378 e. The van der Waals surface area contributed by atoms with Crippen LogP contribution in [0, 0.1) is 29.6 Å². The molecule has 1 heteroatoms. The van der Waals surface area contributed by atoms with E-state index in [9.17, 15) is 0 Å². The Morgan fingerprint density at radius 3 is 1.84 bits per heavy atom. The zero-order chi connectivity index (χ0) is 17.5. The first-order valence-corrected chi connectivity index (χ1v) is 11.9. The summed E-state index contributed by atoms with van der Waals surface area (Å²) in [6.45, 7) is 5.83. The molecule has 0 saturated heterocycles. The van der Waals surface area contributed by atoms with Crippen molar-refractivity contribution in [1.29, 1.82) is 0 Å². The summed E-state index contributed by atoms with van der Waals surface area (Å²) in [5.41, 5.74) is 0. The number of ether oxygens (including phenoxy) is 1. The van der Waals surface area contributed by atoms with Crippen LogP contribution in [0.15, 0.2) is 0 Å². The van der Waals surface area contributed by atoms with Crippen molar-refractivity contribution in [2.24, 2.45) is 29.6 Å². The van der Waals surface area contributed by atoms with Crippen molar-refractivity contribution in [2.75, 3.05) is 6.61 Å². The molecule has 0 aromatic carbocycles. The van der Waals surface area contributed by atoms with Crippen molar-refractivity contribution in [3.63, 3.8) is 0 Å². The summed E-state index contributed by atoms with van der Waals surface area (Å²) in [5.74, 6) is 5.00. The van der Waals surface area contributed by atoms with Crippen molar-refractivity contribution in [1.82, 2.24) is 0 Å². The summed E-state index contributed by atoms with van der Waals surface area (Å²) >= 11 is 0. The quantitative estimate of drug-likeness (QED) is 0.466. The van der Waals surface area contributed by atoms with Crippen LogP contribution in [-0.2, 0) is 4.74 Å². The lowest BCUT2D eigenvalue weighted by Crippen LogP contribution is -2.28. The van der Waals surface area contributed by atoms with Gasteiger partial charge in [-0.3, -0.25) is 0 Å². The van der Waals surface area contributed by atoms with Gasteiger partial charge in [-0.25, -0.2) is 0 Å². The Kier molecular flexibility index (Phi) is 8.15. The highest BCUT2D eigenvalue weighted by atomic mass is 16.5. The molecule has 3 aliphatic carbocycles. The second kappa shape index (κ2) is 10.3. The molecular formula is C24H44O. The van der Waals surface area contributed by atoms with Crippen molar-refractivity contribution < 1.29 is 4.74 Å². The molecule has 25 heavy (non-hydrogen) atoms. The highest BCUT2D eigenvalue weighted by Crippen LogP contribution is 2.41. The molecule has 0 aliphatic heterocycles. The van der Waals surface area contributed by atoms with Gasteiger partial charge in [-0.05, 0) is 93.8 Å². The van der Waals surface area contributed by atoms with Crippen LogP contribution in [0.3, 0.4) is 0 Å². The van der Waals surface area contributed by atoms with Crippen LogP contribution >= 0.6 is 0 Å². The molecule has 0 atom stereocenters. The van der Waals surface area contributed by atoms with Crippen LogP contribution in [0.2, 0.25) is 0 Å². The largest absolute Gasteiger partial charge is 0.378 e. The standard InChI is InChI=1S/C24H44O/c1-3-4-5-20-10-16-24(17-11-20)25-18-21-8-14-23(15-9-21)22-12-6-19(2)7-13-22/h19-24H,3-18H2,1-2H3. The molecule has 146 valence electrons. The second-order valence-electron chi connectivity index (χ2n) is 9.92. The van der Waals surface area contributed by atoms with Crippen LogP contribution in [0.25, 0.3) is 0 Å². The summed E-state index contributed by atoms with van der Waals surface area (Å²) in [7, 11) is 0. The SMILES string of the molecule is CCCCC1CCC(OCC2CCC(C3CCC(C)CC3)CC2)CC1. The number of rotatable bonds is 7. The van der Waals surface area contributed by atoms with E-state index < -0.39 is 0 Å². The molecule has 0 radical (unpaired) electrons. The molecular weight excluding hydrogens is 304 g/mol. The van der Waals surface area contributed by atoms with Gasteiger partial charge >= 0.3 is 0 Å². The van der Waals surface area contributed by atoms with Gasteiger partial charge in [0.2, 0.25) is 0 Å². The van der Waals surface area contributed by atoms with E-state index >= 15 is 0 Å². The maximum atomic E-state index is 6.37. The molecule has 0 N–H and O–H groups in total. The van der Waals surface area contributed by atoms with Gasteiger partial charge in [-0.2, -0.15) is 0 Å². The first kappa shape index (κ1) is 19.7. The summed E-state index contributed by atoms with van der Waals surface area (Å²) in [6, 6.07) is 0. The minimum absolute atomic E-state index is 0.593. The Bertz CT molecular complexity index is 341.